The van der Waals surface area contributed by atoms with Gasteiger partial charge >= 0.3 is 0 Å². The van der Waals surface area contributed by atoms with Crippen LogP contribution in [-0.2, 0) is 23.9 Å². The Morgan fingerprint density at radius 3 is 2.52 bits per heavy atom. The number of ketones is 1. The maximum Gasteiger partial charge on any atom is 0.226 e. The van der Waals surface area contributed by atoms with E-state index in [9.17, 15) is 14.4 Å². The Morgan fingerprint density at radius 1 is 1.00 bits per heavy atom. The van der Waals surface area contributed by atoms with Gasteiger partial charge in [-0.05, 0) is 25.2 Å². The van der Waals surface area contributed by atoms with Gasteiger partial charge in [0.05, 0.1) is 19.3 Å². The number of likely N-dealkylation sites (tertiary alicyclic amines) is 1. The Kier molecular flexibility index (Phi) is 6.85. The summed E-state index contributed by atoms with van der Waals surface area (Å²) in [5.74, 6) is 0.224. The third kappa shape index (κ3) is 4.82. The second kappa shape index (κ2) is 9.56. The van der Waals surface area contributed by atoms with E-state index in [0.29, 0.717) is 38.8 Å². The van der Waals surface area contributed by atoms with Crippen LogP contribution in [0.3, 0.4) is 0 Å². The Hall–Kier alpha value is -1.47. The van der Waals surface area contributed by atoms with Crippen LogP contribution in [0.4, 0.5) is 0 Å². The Morgan fingerprint density at radius 2 is 1.76 bits per heavy atom. The normalized spacial score (nSPS) is 29.6. The number of amides is 2. The van der Waals surface area contributed by atoms with Crippen molar-refractivity contribution in [2.24, 2.45) is 11.8 Å². The summed E-state index contributed by atoms with van der Waals surface area (Å²) < 4.78 is 11.0. The molecule has 162 valence electrons. The topological polar surface area (TPSA) is 76.2 Å². The lowest BCUT2D eigenvalue weighted by molar-refractivity contribution is -0.149. The minimum Gasteiger partial charge on any atom is -0.378 e. The summed E-state index contributed by atoms with van der Waals surface area (Å²) in [7, 11) is 0. The van der Waals surface area contributed by atoms with Crippen molar-refractivity contribution in [3.63, 3.8) is 0 Å². The smallest absolute Gasteiger partial charge is 0.226 e. The Balaban J connectivity index is 1.47. The highest BCUT2D eigenvalue weighted by Gasteiger charge is 2.46. The van der Waals surface area contributed by atoms with Crippen molar-refractivity contribution in [3.8, 4) is 0 Å². The molecule has 3 saturated heterocycles. The number of fused-ring (bicyclic) bond motifs is 1. The highest BCUT2D eigenvalue weighted by molar-refractivity contribution is 5.93. The molecule has 3 heterocycles. The average Bonchev–Trinajstić information content (AvgIpc) is 3.15. The zero-order chi connectivity index (χ0) is 20.2. The molecular formula is C22H34N2O5. The quantitative estimate of drug-likeness (QED) is 0.696. The van der Waals surface area contributed by atoms with Crippen molar-refractivity contribution in [2.75, 3.05) is 39.5 Å². The van der Waals surface area contributed by atoms with Gasteiger partial charge in [0, 0.05) is 32.0 Å². The minimum absolute atomic E-state index is 0.00858. The van der Waals surface area contributed by atoms with E-state index in [2.05, 4.69) is 0 Å². The Bertz CT molecular complexity index is 612. The van der Waals surface area contributed by atoms with Gasteiger partial charge in [-0.15, -0.1) is 0 Å². The molecule has 4 fully saturated rings. The summed E-state index contributed by atoms with van der Waals surface area (Å²) >= 11 is 0. The summed E-state index contributed by atoms with van der Waals surface area (Å²) in [6.45, 7) is 3.04. The molecule has 7 heteroatoms. The lowest BCUT2D eigenvalue weighted by Gasteiger charge is -2.38. The predicted octanol–water partition coefficient (Wildman–Crippen LogP) is 1.78. The molecule has 0 bridgehead atoms. The average molecular weight is 407 g/mol. The minimum atomic E-state index is -0.441. The first kappa shape index (κ1) is 20.8. The summed E-state index contributed by atoms with van der Waals surface area (Å²) in [4.78, 5) is 42.5. The van der Waals surface area contributed by atoms with Gasteiger partial charge in [-0.25, -0.2) is 0 Å². The van der Waals surface area contributed by atoms with Gasteiger partial charge in [0.25, 0.3) is 0 Å². The van der Waals surface area contributed by atoms with Crippen LogP contribution < -0.4 is 0 Å². The first-order valence-corrected chi connectivity index (χ1v) is 11.4. The second-order valence-corrected chi connectivity index (χ2v) is 9.07. The van der Waals surface area contributed by atoms with Crippen LogP contribution in [0, 0.1) is 11.8 Å². The van der Waals surface area contributed by atoms with Gasteiger partial charge in [-0.2, -0.15) is 0 Å². The lowest BCUT2D eigenvalue weighted by atomic mass is 9.80. The van der Waals surface area contributed by atoms with Gasteiger partial charge in [0.2, 0.25) is 11.8 Å². The molecule has 0 N–H and O–H groups in total. The molecule has 4 aliphatic rings. The number of morpholine rings is 1. The molecule has 1 aliphatic carbocycles. The van der Waals surface area contributed by atoms with Crippen molar-refractivity contribution in [1.82, 2.24) is 9.80 Å². The molecule has 4 rings (SSSR count). The molecule has 1 saturated carbocycles. The first-order chi connectivity index (χ1) is 14.1. The largest absolute Gasteiger partial charge is 0.378 e. The zero-order valence-electron chi connectivity index (χ0n) is 17.4. The van der Waals surface area contributed by atoms with Crippen LogP contribution in [0.2, 0.25) is 0 Å². The summed E-state index contributed by atoms with van der Waals surface area (Å²) in [5, 5.41) is 0. The van der Waals surface area contributed by atoms with E-state index in [0.717, 1.165) is 32.1 Å². The van der Waals surface area contributed by atoms with E-state index in [-0.39, 0.29) is 42.6 Å². The van der Waals surface area contributed by atoms with E-state index in [1.165, 1.54) is 19.3 Å². The third-order valence-electron chi connectivity index (χ3n) is 7.10. The molecule has 29 heavy (non-hydrogen) atoms. The predicted molar refractivity (Wildman–Crippen MR) is 106 cm³/mol. The standard InChI is InChI=1S/C22H34N2O5/c25-18-15-29-19-7-4-8-24(21(18)19)22(27)17(13-16-5-2-1-3-6-16)14-20(26)23-9-11-28-12-10-23/h16-17,19,21H,1-15H2/t17-,19?,21?/m1/s1. The van der Waals surface area contributed by atoms with Crippen molar-refractivity contribution >= 4 is 17.6 Å². The van der Waals surface area contributed by atoms with E-state index in [4.69, 9.17) is 9.47 Å². The van der Waals surface area contributed by atoms with E-state index < -0.39 is 6.04 Å². The van der Waals surface area contributed by atoms with E-state index >= 15 is 0 Å². The van der Waals surface area contributed by atoms with E-state index in [1.807, 2.05) is 4.90 Å². The monoisotopic (exact) mass is 406 g/mol. The van der Waals surface area contributed by atoms with Gasteiger partial charge < -0.3 is 19.3 Å². The molecule has 0 aromatic carbocycles. The number of hydrogen-bond acceptors (Lipinski definition) is 5. The van der Waals surface area contributed by atoms with Crippen LogP contribution in [0.15, 0.2) is 0 Å². The highest BCUT2D eigenvalue weighted by atomic mass is 16.5. The van der Waals surface area contributed by atoms with Crippen molar-refractivity contribution in [2.45, 2.75) is 69.9 Å². The number of hydrogen-bond donors (Lipinski definition) is 0. The maximum atomic E-state index is 13.6. The van der Waals surface area contributed by atoms with Crippen LogP contribution in [0.1, 0.15) is 57.8 Å². The number of piperidine rings is 1. The maximum absolute atomic E-state index is 13.6. The fourth-order valence-corrected chi connectivity index (χ4v) is 5.52. The molecule has 2 amide bonds. The molecule has 0 aromatic heterocycles. The molecule has 2 unspecified atom stereocenters. The molecular weight excluding hydrogens is 372 g/mol. The molecule has 0 radical (unpaired) electrons. The number of nitrogens with zero attached hydrogens (tertiary/aromatic N) is 2. The van der Waals surface area contributed by atoms with Crippen molar-refractivity contribution < 1.29 is 23.9 Å². The van der Waals surface area contributed by atoms with E-state index in [1.54, 1.807) is 4.90 Å². The van der Waals surface area contributed by atoms with Crippen LogP contribution in [0.5, 0.6) is 0 Å². The fourth-order valence-electron chi connectivity index (χ4n) is 5.52. The second-order valence-electron chi connectivity index (χ2n) is 9.07. The molecule has 3 atom stereocenters. The highest BCUT2D eigenvalue weighted by Crippen LogP contribution is 2.34. The summed E-state index contributed by atoms with van der Waals surface area (Å²) in [6, 6.07) is -0.441. The van der Waals surface area contributed by atoms with Crippen molar-refractivity contribution in [1.29, 1.82) is 0 Å². The fraction of sp³-hybridized carbons (Fsp3) is 0.864. The molecule has 3 aliphatic heterocycles. The van der Waals surface area contributed by atoms with Crippen molar-refractivity contribution in [3.05, 3.63) is 0 Å². The molecule has 7 nitrogen and oxygen atoms in total. The zero-order valence-corrected chi connectivity index (χ0v) is 17.4. The number of ether oxygens (including phenoxy) is 2. The van der Waals surface area contributed by atoms with Gasteiger partial charge in [0.1, 0.15) is 12.6 Å². The van der Waals surface area contributed by atoms with Crippen LogP contribution in [0.25, 0.3) is 0 Å². The lowest BCUT2D eigenvalue weighted by Crippen LogP contribution is -2.54. The van der Waals surface area contributed by atoms with Gasteiger partial charge in [-0.1, -0.05) is 32.1 Å². The first-order valence-electron chi connectivity index (χ1n) is 11.4. The third-order valence-corrected chi connectivity index (χ3v) is 7.10. The van der Waals surface area contributed by atoms with Gasteiger partial charge in [0.15, 0.2) is 5.78 Å². The SMILES string of the molecule is O=C1COC2CCCN(C(=O)[C@@H](CC(=O)N3CCOCC3)CC3CCCCC3)C12. The van der Waals surface area contributed by atoms with Crippen LogP contribution >= 0.6 is 0 Å². The number of carbonyl (C=O) groups excluding carboxylic acids is 3. The molecule has 0 aromatic rings. The summed E-state index contributed by atoms with van der Waals surface area (Å²) in [6.07, 6.45) is 8.51. The molecule has 0 spiro atoms. The number of carbonyl (C=O) groups is 3. The Labute approximate surface area is 173 Å². The summed E-state index contributed by atoms with van der Waals surface area (Å²) in [5.41, 5.74) is 0. The number of rotatable bonds is 5. The van der Waals surface area contributed by atoms with Gasteiger partial charge in [-0.3, -0.25) is 14.4 Å². The van der Waals surface area contributed by atoms with Crippen LogP contribution in [-0.4, -0.2) is 79.0 Å². The number of Topliss-reactive ketones (excluding diaryl/α,β-unsaturated/α-hetero) is 1.